The number of anilines is 1. The highest BCUT2D eigenvalue weighted by Gasteiger charge is 1.96. The van der Waals surface area contributed by atoms with Crippen LogP contribution in [-0.4, -0.2) is 26.9 Å². The fraction of sp³-hybridized carbons (Fsp3) is 0.600. The highest BCUT2D eigenvalue weighted by Crippen LogP contribution is 2.10. The van der Waals surface area contributed by atoms with Gasteiger partial charge in [0.15, 0.2) is 0 Å². The van der Waals surface area contributed by atoms with E-state index in [1.165, 1.54) is 5.56 Å². The Balaban J connectivity index is 2.16. The summed E-state index contributed by atoms with van der Waals surface area (Å²) >= 11 is 0. The molecule has 0 bridgehead atoms. The van der Waals surface area contributed by atoms with E-state index in [1.807, 2.05) is 6.07 Å². The van der Waals surface area contributed by atoms with Crippen molar-refractivity contribution in [2.75, 3.05) is 32.2 Å². The third-order valence-electron chi connectivity index (χ3n) is 2.65. The van der Waals surface area contributed by atoms with Gasteiger partial charge in [-0.05, 0) is 30.0 Å². The summed E-state index contributed by atoms with van der Waals surface area (Å²) in [5.41, 5.74) is 2.31. The minimum Gasteiger partial charge on any atom is -0.383 e. The van der Waals surface area contributed by atoms with Gasteiger partial charge >= 0.3 is 0 Å². The summed E-state index contributed by atoms with van der Waals surface area (Å²) < 4.78 is 10.7. The maximum absolute atomic E-state index is 5.56. The smallest absolute Gasteiger partial charge is 0.0713 e. The van der Waals surface area contributed by atoms with Crippen LogP contribution < -0.4 is 5.32 Å². The molecule has 1 rings (SSSR count). The van der Waals surface area contributed by atoms with Crippen LogP contribution in [0.15, 0.2) is 24.3 Å². The van der Waals surface area contributed by atoms with E-state index < -0.39 is 0 Å². The second-order valence-corrected chi connectivity index (χ2v) is 4.86. The molecule has 0 aliphatic rings. The van der Waals surface area contributed by atoms with Crippen LogP contribution >= 0.6 is 0 Å². The fourth-order valence-electron chi connectivity index (χ4n) is 1.63. The lowest BCUT2D eigenvalue weighted by Crippen LogP contribution is -2.11. The second kappa shape index (κ2) is 8.95. The van der Waals surface area contributed by atoms with Crippen LogP contribution in [0.4, 0.5) is 5.69 Å². The Morgan fingerprint density at radius 3 is 2.78 bits per heavy atom. The van der Waals surface area contributed by atoms with E-state index in [9.17, 15) is 0 Å². The van der Waals surface area contributed by atoms with Crippen LogP contribution in [0.1, 0.15) is 25.8 Å². The molecule has 0 spiro atoms. The molecule has 18 heavy (non-hydrogen) atoms. The molecule has 0 heterocycles. The molecular weight excluding hydrogens is 226 g/mol. The average molecular weight is 251 g/mol. The van der Waals surface area contributed by atoms with Crippen molar-refractivity contribution in [2.45, 2.75) is 26.9 Å². The largest absolute Gasteiger partial charge is 0.383 e. The van der Waals surface area contributed by atoms with E-state index in [2.05, 4.69) is 37.4 Å². The first kappa shape index (κ1) is 15.0. The quantitative estimate of drug-likeness (QED) is 0.683. The summed E-state index contributed by atoms with van der Waals surface area (Å²) in [6.45, 7) is 7.52. The van der Waals surface area contributed by atoms with E-state index >= 15 is 0 Å². The van der Waals surface area contributed by atoms with Crippen LogP contribution in [0.5, 0.6) is 0 Å². The minimum absolute atomic E-state index is 0.653. The molecule has 0 atom stereocenters. The number of hydrogen-bond acceptors (Lipinski definition) is 3. The Kier molecular flexibility index (Phi) is 7.46. The van der Waals surface area contributed by atoms with Gasteiger partial charge in [-0.2, -0.15) is 0 Å². The molecule has 0 saturated carbocycles. The maximum atomic E-state index is 5.56. The lowest BCUT2D eigenvalue weighted by Gasteiger charge is -2.09. The van der Waals surface area contributed by atoms with Gasteiger partial charge in [-0.1, -0.05) is 26.0 Å². The Bertz CT molecular complexity index is 326. The van der Waals surface area contributed by atoms with E-state index in [4.69, 9.17) is 9.47 Å². The Labute approximate surface area is 110 Å². The Hall–Kier alpha value is -1.06. The molecule has 0 saturated heterocycles. The maximum Gasteiger partial charge on any atom is 0.0713 e. The van der Waals surface area contributed by atoms with E-state index in [1.54, 1.807) is 7.11 Å². The molecule has 0 unspecified atom stereocenters. The van der Waals surface area contributed by atoms with Crippen LogP contribution in [0.25, 0.3) is 0 Å². The van der Waals surface area contributed by atoms with Gasteiger partial charge in [0.1, 0.15) is 0 Å². The summed E-state index contributed by atoms with van der Waals surface area (Å²) in [6.07, 6.45) is 1.13. The van der Waals surface area contributed by atoms with E-state index in [-0.39, 0.29) is 0 Å². The number of methoxy groups -OCH3 is 1. The zero-order valence-corrected chi connectivity index (χ0v) is 11.7. The SMILES string of the molecule is COCc1cccc(NCCOCCC(C)C)c1. The molecule has 0 fully saturated rings. The molecule has 3 nitrogen and oxygen atoms in total. The van der Waals surface area contributed by atoms with Crippen molar-refractivity contribution in [3.63, 3.8) is 0 Å². The normalized spacial score (nSPS) is 10.9. The zero-order chi connectivity index (χ0) is 13.2. The van der Waals surface area contributed by atoms with Gasteiger partial charge in [0.2, 0.25) is 0 Å². The van der Waals surface area contributed by atoms with Crippen LogP contribution in [0.3, 0.4) is 0 Å². The monoisotopic (exact) mass is 251 g/mol. The van der Waals surface area contributed by atoms with Crippen molar-refractivity contribution in [1.29, 1.82) is 0 Å². The average Bonchev–Trinajstić information content (AvgIpc) is 2.34. The van der Waals surface area contributed by atoms with Gasteiger partial charge in [-0.25, -0.2) is 0 Å². The minimum atomic E-state index is 0.653. The van der Waals surface area contributed by atoms with E-state index in [0.29, 0.717) is 12.5 Å². The summed E-state index contributed by atoms with van der Waals surface area (Å²) in [6, 6.07) is 8.27. The molecule has 0 aliphatic carbocycles. The highest BCUT2D eigenvalue weighted by atomic mass is 16.5. The van der Waals surface area contributed by atoms with Crippen LogP contribution in [-0.2, 0) is 16.1 Å². The summed E-state index contributed by atoms with van der Waals surface area (Å²) in [5.74, 6) is 0.712. The first-order chi connectivity index (χ1) is 8.72. The van der Waals surface area contributed by atoms with Crippen molar-refractivity contribution >= 4 is 5.69 Å². The predicted molar refractivity (Wildman–Crippen MR) is 75.9 cm³/mol. The van der Waals surface area contributed by atoms with Crippen molar-refractivity contribution < 1.29 is 9.47 Å². The molecule has 3 heteroatoms. The standard InChI is InChI=1S/C15H25NO2/c1-13(2)7-9-18-10-8-16-15-6-4-5-14(11-15)12-17-3/h4-6,11,13,16H,7-10,12H2,1-3H3. The van der Waals surface area contributed by atoms with Crippen LogP contribution in [0, 0.1) is 5.92 Å². The summed E-state index contributed by atoms with van der Waals surface area (Å²) in [7, 11) is 1.71. The van der Waals surface area contributed by atoms with Gasteiger partial charge in [-0.3, -0.25) is 0 Å². The molecule has 1 aromatic rings. The number of ether oxygens (including phenoxy) is 2. The zero-order valence-electron chi connectivity index (χ0n) is 11.7. The lowest BCUT2D eigenvalue weighted by atomic mass is 10.1. The topological polar surface area (TPSA) is 30.5 Å². The number of hydrogen-bond donors (Lipinski definition) is 1. The van der Waals surface area contributed by atoms with Crippen molar-refractivity contribution in [3.8, 4) is 0 Å². The van der Waals surface area contributed by atoms with Gasteiger partial charge < -0.3 is 14.8 Å². The molecular formula is C15H25NO2. The lowest BCUT2D eigenvalue weighted by molar-refractivity contribution is 0.132. The van der Waals surface area contributed by atoms with Crippen molar-refractivity contribution in [2.24, 2.45) is 5.92 Å². The van der Waals surface area contributed by atoms with Crippen molar-refractivity contribution in [3.05, 3.63) is 29.8 Å². The molecule has 0 amide bonds. The summed E-state index contributed by atoms with van der Waals surface area (Å²) in [5, 5.41) is 3.35. The Morgan fingerprint density at radius 1 is 1.22 bits per heavy atom. The fourth-order valence-corrected chi connectivity index (χ4v) is 1.63. The van der Waals surface area contributed by atoms with Gasteiger partial charge in [0.25, 0.3) is 0 Å². The second-order valence-electron chi connectivity index (χ2n) is 4.86. The number of benzene rings is 1. The first-order valence-corrected chi connectivity index (χ1v) is 6.62. The first-order valence-electron chi connectivity index (χ1n) is 6.62. The molecule has 1 N–H and O–H groups in total. The van der Waals surface area contributed by atoms with Gasteiger partial charge in [0.05, 0.1) is 13.2 Å². The van der Waals surface area contributed by atoms with Crippen molar-refractivity contribution in [1.82, 2.24) is 0 Å². The third kappa shape index (κ3) is 6.62. The highest BCUT2D eigenvalue weighted by molar-refractivity contribution is 5.45. The predicted octanol–water partition coefficient (Wildman–Crippen LogP) is 3.31. The van der Waals surface area contributed by atoms with Gasteiger partial charge in [-0.15, -0.1) is 0 Å². The third-order valence-corrected chi connectivity index (χ3v) is 2.65. The van der Waals surface area contributed by atoms with E-state index in [0.717, 1.165) is 31.9 Å². The summed E-state index contributed by atoms with van der Waals surface area (Å²) in [4.78, 5) is 0. The van der Waals surface area contributed by atoms with Gasteiger partial charge in [0, 0.05) is 25.9 Å². The number of rotatable bonds is 9. The van der Waals surface area contributed by atoms with Crippen LogP contribution in [0.2, 0.25) is 0 Å². The Morgan fingerprint density at radius 2 is 2.06 bits per heavy atom. The molecule has 0 aromatic heterocycles. The molecule has 1 aromatic carbocycles. The molecule has 0 aliphatic heterocycles. The molecule has 0 radical (unpaired) electrons. The molecule has 102 valence electrons. The number of nitrogens with one attached hydrogen (secondary N) is 1.